The van der Waals surface area contributed by atoms with E-state index in [9.17, 15) is 0 Å². The summed E-state index contributed by atoms with van der Waals surface area (Å²) in [4.78, 5) is 24.9. The molecule has 1 saturated heterocycles. The number of nitrogens with zero attached hydrogens (tertiary/aromatic N) is 6. The molecule has 1 fully saturated rings. The van der Waals surface area contributed by atoms with Crippen LogP contribution in [-0.4, -0.2) is 46.1 Å². The topological polar surface area (TPSA) is 58.0 Å². The minimum Gasteiger partial charge on any atom is -0.352 e. The van der Waals surface area contributed by atoms with Crippen molar-refractivity contribution in [1.82, 2.24) is 19.9 Å². The van der Waals surface area contributed by atoms with E-state index in [-0.39, 0.29) is 0 Å². The van der Waals surface area contributed by atoms with Gasteiger partial charge in [-0.3, -0.25) is 0 Å². The number of anilines is 2. The number of halogens is 1. The van der Waals surface area contributed by atoms with Crippen LogP contribution in [-0.2, 0) is 12.8 Å². The van der Waals surface area contributed by atoms with Crippen molar-refractivity contribution in [3.05, 3.63) is 57.9 Å². The van der Waals surface area contributed by atoms with Gasteiger partial charge in [-0.25, -0.2) is 15.0 Å². The second-order valence-electron chi connectivity index (χ2n) is 8.74. The molecule has 8 heteroatoms. The highest BCUT2D eigenvalue weighted by Crippen LogP contribution is 2.43. The van der Waals surface area contributed by atoms with Crippen LogP contribution in [0.15, 0.2) is 36.7 Å². The number of fused-ring (bicyclic) bond motifs is 2. The van der Waals surface area contributed by atoms with Crippen LogP contribution in [0.3, 0.4) is 0 Å². The molecule has 0 unspecified atom stereocenters. The summed E-state index contributed by atoms with van der Waals surface area (Å²) < 4.78 is 0. The fourth-order valence-electron chi connectivity index (χ4n) is 5.11. The first-order chi connectivity index (χ1) is 16.2. The molecule has 0 N–H and O–H groups in total. The van der Waals surface area contributed by atoms with E-state index in [1.54, 1.807) is 23.7 Å². The van der Waals surface area contributed by atoms with Crippen molar-refractivity contribution in [3.8, 4) is 11.1 Å². The highest BCUT2D eigenvalue weighted by atomic mass is 35.5. The molecule has 2 aliphatic rings. The summed E-state index contributed by atoms with van der Waals surface area (Å²) in [5.41, 5.74) is 5.51. The van der Waals surface area contributed by atoms with Crippen molar-refractivity contribution >= 4 is 44.9 Å². The predicted molar refractivity (Wildman–Crippen MR) is 136 cm³/mol. The molecule has 6 nitrogen and oxygen atoms in total. The molecular formula is C25H25ClN6S. The summed E-state index contributed by atoms with van der Waals surface area (Å²) in [5, 5.41) is 1.44. The van der Waals surface area contributed by atoms with E-state index in [4.69, 9.17) is 16.6 Å². The lowest BCUT2D eigenvalue weighted by molar-refractivity contribution is 0.636. The standard InChI is InChI=1S/C25H25ClN6S/c1-16-20(19-8-7-17-5-2-3-6-18(17)15-19)21-22(29-24(26)30-23(21)33-16)31-11-13-32(14-12-31)25-27-9-4-10-28-25/h4,7-10,15H,2-3,5-6,11-14H2,1H3. The third kappa shape index (κ3) is 3.83. The molecule has 0 saturated carbocycles. The van der Waals surface area contributed by atoms with Gasteiger partial charge in [0.2, 0.25) is 11.2 Å². The van der Waals surface area contributed by atoms with Gasteiger partial charge in [-0.2, -0.15) is 4.98 Å². The molecule has 6 rings (SSSR count). The van der Waals surface area contributed by atoms with Crippen LogP contribution in [0.1, 0.15) is 28.8 Å². The van der Waals surface area contributed by atoms with Gasteiger partial charge in [0.15, 0.2) is 0 Å². The summed E-state index contributed by atoms with van der Waals surface area (Å²) in [6.45, 7) is 5.52. The first-order valence-electron chi connectivity index (χ1n) is 11.5. The van der Waals surface area contributed by atoms with Crippen LogP contribution in [0.25, 0.3) is 21.3 Å². The number of rotatable bonds is 3. The number of aryl methyl sites for hydroxylation is 3. The van der Waals surface area contributed by atoms with E-state index in [1.165, 1.54) is 52.8 Å². The molecule has 0 bridgehead atoms. The Morgan fingerprint density at radius 3 is 2.42 bits per heavy atom. The van der Waals surface area contributed by atoms with Gasteiger partial charge in [0, 0.05) is 49.0 Å². The molecule has 0 radical (unpaired) electrons. The summed E-state index contributed by atoms with van der Waals surface area (Å²) in [7, 11) is 0. The van der Waals surface area contributed by atoms with E-state index in [1.807, 2.05) is 6.07 Å². The van der Waals surface area contributed by atoms with Gasteiger partial charge in [0.05, 0.1) is 5.39 Å². The number of piperazine rings is 1. The van der Waals surface area contributed by atoms with E-state index >= 15 is 0 Å². The van der Waals surface area contributed by atoms with Gasteiger partial charge >= 0.3 is 0 Å². The molecule has 33 heavy (non-hydrogen) atoms. The fraction of sp³-hybridized carbons (Fsp3) is 0.360. The lowest BCUT2D eigenvalue weighted by Crippen LogP contribution is -2.47. The Balaban J connectivity index is 1.39. The van der Waals surface area contributed by atoms with Gasteiger partial charge in [-0.1, -0.05) is 18.2 Å². The molecule has 4 aromatic rings. The van der Waals surface area contributed by atoms with E-state index in [0.717, 1.165) is 48.2 Å². The van der Waals surface area contributed by atoms with Crippen LogP contribution in [0.2, 0.25) is 5.28 Å². The van der Waals surface area contributed by atoms with Crippen LogP contribution >= 0.6 is 22.9 Å². The maximum Gasteiger partial charge on any atom is 0.225 e. The first-order valence-corrected chi connectivity index (χ1v) is 12.7. The van der Waals surface area contributed by atoms with Crippen LogP contribution in [0, 0.1) is 6.92 Å². The molecule has 0 atom stereocenters. The predicted octanol–water partition coefficient (Wildman–Crippen LogP) is 5.32. The first kappa shape index (κ1) is 20.8. The van der Waals surface area contributed by atoms with Crippen molar-refractivity contribution in [1.29, 1.82) is 0 Å². The largest absolute Gasteiger partial charge is 0.352 e. The number of hydrogen-bond acceptors (Lipinski definition) is 7. The molecule has 1 aliphatic heterocycles. The molecule has 0 amide bonds. The quantitative estimate of drug-likeness (QED) is 0.373. The molecule has 4 heterocycles. The average molecular weight is 477 g/mol. The van der Waals surface area contributed by atoms with Gasteiger partial charge in [-0.15, -0.1) is 11.3 Å². The van der Waals surface area contributed by atoms with Gasteiger partial charge in [0.1, 0.15) is 10.6 Å². The third-order valence-electron chi connectivity index (χ3n) is 6.73. The summed E-state index contributed by atoms with van der Waals surface area (Å²) in [6.07, 6.45) is 8.52. The Labute approximate surface area is 202 Å². The smallest absolute Gasteiger partial charge is 0.225 e. The fourth-order valence-corrected chi connectivity index (χ4v) is 6.36. The second kappa shape index (κ2) is 8.54. The Morgan fingerprint density at radius 1 is 0.909 bits per heavy atom. The maximum absolute atomic E-state index is 6.40. The molecular weight excluding hydrogens is 452 g/mol. The minimum atomic E-state index is 0.310. The van der Waals surface area contributed by atoms with Crippen LogP contribution in [0.5, 0.6) is 0 Å². The molecule has 0 spiro atoms. The SMILES string of the molecule is Cc1sc2nc(Cl)nc(N3CCN(c4ncccn4)CC3)c2c1-c1ccc2c(c1)CCCC2. The van der Waals surface area contributed by atoms with E-state index < -0.39 is 0 Å². The highest BCUT2D eigenvalue weighted by molar-refractivity contribution is 7.19. The summed E-state index contributed by atoms with van der Waals surface area (Å²) in [6, 6.07) is 8.84. The Morgan fingerprint density at radius 2 is 1.64 bits per heavy atom. The van der Waals surface area contributed by atoms with Gasteiger partial charge in [-0.05, 0) is 67.0 Å². The molecule has 1 aromatic carbocycles. The normalized spacial score (nSPS) is 16.3. The Bertz CT molecular complexity index is 1310. The zero-order valence-electron chi connectivity index (χ0n) is 18.6. The van der Waals surface area contributed by atoms with Crippen molar-refractivity contribution in [2.24, 2.45) is 0 Å². The van der Waals surface area contributed by atoms with Crippen molar-refractivity contribution in [2.45, 2.75) is 32.6 Å². The summed E-state index contributed by atoms with van der Waals surface area (Å²) in [5.74, 6) is 1.72. The highest BCUT2D eigenvalue weighted by Gasteiger charge is 2.26. The maximum atomic E-state index is 6.40. The number of thiophene rings is 1. The molecule has 3 aromatic heterocycles. The van der Waals surface area contributed by atoms with E-state index in [2.05, 4.69) is 49.9 Å². The third-order valence-corrected chi connectivity index (χ3v) is 7.90. The molecule has 168 valence electrons. The van der Waals surface area contributed by atoms with Crippen molar-refractivity contribution in [3.63, 3.8) is 0 Å². The van der Waals surface area contributed by atoms with Gasteiger partial charge in [0.25, 0.3) is 0 Å². The summed E-state index contributed by atoms with van der Waals surface area (Å²) >= 11 is 8.11. The Kier molecular flexibility index (Phi) is 5.38. The van der Waals surface area contributed by atoms with Crippen LogP contribution < -0.4 is 9.80 Å². The zero-order valence-corrected chi connectivity index (χ0v) is 20.2. The van der Waals surface area contributed by atoms with Gasteiger partial charge < -0.3 is 9.80 Å². The number of hydrogen-bond donors (Lipinski definition) is 0. The van der Waals surface area contributed by atoms with Crippen molar-refractivity contribution < 1.29 is 0 Å². The zero-order chi connectivity index (χ0) is 22.4. The lowest BCUT2D eigenvalue weighted by atomic mass is 9.89. The number of aromatic nitrogens is 4. The van der Waals surface area contributed by atoms with Crippen molar-refractivity contribution in [2.75, 3.05) is 36.0 Å². The minimum absolute atomic E-state index is 0.310. The Hall–Kier alpha value is -2.77. The van der Waals surface area contributed by atoms with Crippen LogP contribution in [0.4, 0.5) is 11.8 Å². The number of benzene rings is 1. The van der Waals surface area contributed by atoms with E-state index in [0.29, 0.717) is 5.28 Å². The second-order valence-corrected chi connectivity index (χ2v) is 10.3. The monoisotopic (exact) mass is 476 g/mol. The molecule has 1 aliphatic carbocycles. The average Bonchev–Trinajstić information content (AvgIpc) is 3.19. The lowest BCUT2D eigenvalue weighted by Gasteiger charge is -2.35.